The molecule has 3 rings (SSSR count). The van der Waals surface area contributed by atoms with Gasteiger partial charge in [0.2, 0.25) is 12.7 Å². The molecule has 2 aromatic carbocycles. The van der Waals surface area contributed by atoms with Gasteiger partial charge in [-0.05, 0) is 48.7 Å². The zero-order valence-electron chi connectivity index (χ0n) is 14.7. The Morgan fingerprint density at radius 2 is 1.96 bits per heavy atom. The van der Waals surface area contributed by atoms with Gasteiger partial charge in [-0.25, -0.2) is 0 Å². The predicted molar refractivity (Wildman–Crippen MR) is 95.0 cm³/mol. The Balaban J connectivity index is 1.59. The van der Waals surface area contributed by atoms with Crippen molar-refractivity contribution in [3.63, 3.8) is 0 Å². The number of rotatable bonds is 7. The van der Waals surface area contributed by atoms with Crippen LogP contribution in [0, 0.1) is 0 Å². The van der Waals surface area contributed by atoms with E-state index in [1.807, 2.05) is 54.3 Å². The molecule has 1 aliphatic rings. The van der Waals surface area contributed by atoms with E-state index in [2.05, 4.69) is 0 Å². The number of hydrogen-bond donors (Lipinski definition) is 0. The predicted octanol–water partition coefficient (Wildman–Crippen LogP) is 3.41. The van der Waals surface area contributed by atoms with E-state index >= 15 is 0 Å². The second-order valence-electron chi connectivity index (χ2n) is 5.95. The van der Waals surface area contributed by atoms with Crippen LogP contribution >= 0.6 is 0 Å². The van der Waals surface area contributed by atoms with Crippen molar-refractivity contribution >= 4 is 5.91 Å². The Morgan fingerprint density at radius 1 is 1.12 bits per heavy atom. The molecule has 0 aliphatic carbocycles. The largest absolute Gasteiger partial charge is 0.497 e. The number of carbonyl (C=O) groups is 1. The zero-order chi connectivity index (χ0) is 17.6. The summed E-state index contributed by atoms with van der Waals surface area (Å²) >= 11 is 0. The summed E-state index contributed by atoms with van der Waals surface area (Å²) in [5.74, 6) is 2.47. The van der Waals surface area contributed by atoms with Gasteiger partial charge in [0.15, 0.2) is 11.5 Å². The van der Waals surface area contributed by atoms with E-state index in [-0.39, 0.29) is 12.7 Å². The molecular formula is C20H23NO4. The molecule has 0 bridgehead atoms. The highest BCUT2D eigenvalue weighted by atomic mass is 16.7. The Kier molecular flexibility index (Phi) is 5.43. The van der Waals surface area contributed by atoms with Crippen molar-refractivity contribution in [3.05, 3.63) is 53.6 Å². The fourth-order valence-electron chi connectivity index (χ4n) is 2.87. The van der Waals surface area contributed by atoms with Gasteiger partial charge in [-0.2, -0.15) is 0 Å². The summed E-state index contributed by atoms with van der Waals surface area (Å²) in [6, 6.07) is 13.7. The topological polar surface area (TPSA) is 48.0 Å². The van der Waals surface area contributed by atoms with Gasteiger partial charge >= 0.3 is 0 Å². The van der Waals surface area contributed by atoms with Gasteiger partial charge in [0.05, 0.1) is 7.11 Å². The minimum atomic E-state index is 0.142. The maximum absolute atomic E-state index is 12.6. The van der Waals surface area contributed by atoms with E-state index in [0.717, 1.165) is 28.4 Å². The molecule has 0 N–H and O–H groups in total. The SMILES string of the molecule is CCN(Cc1ccc2c(c1)OCO2)C(=O)CCc1cccc(OC)c1. The minimum absolute atomic E-state index is 0.142. The molecule has 0 atom stereocenters. The second-order valence-corrected chi connectivity index (χ2v) is 5.95. The summed E-state index contributed by atoms with van der Waals surface area (Å²) in [5, 5.41) is 0. The quantitative estimate of drug-likeness (QED) is 0.774. The minimum Gasteiger partial charge on any atom is -0.497 e. The van der Waals surface area contributed by atoms with E-state index in [1.54, 1.807) is 7.11 Å². The molecule has 2 aromatic rings. The smallest absolute Gasteiger partial charge is 0.231 e. The van der Waals surface area contributed by atoms with E-state index in [0.29, 0.717) is 25.9 Å². The molecule has 0 saturated heterocycles. The van der Waals surface area contributed by atoms with Gasteiger partial charge in [-0.1, -0.05) is 18.2 Å². The van der Waals surface area contributed by atoms with Crippen LogP contribution in [-0.2, 0) is 17.8 Å². The first-order chi connectivity index (χ1) is 12.2. The molecule has 1 heterocycles. The Hall–Kier alpha value is -2.69. The summed E-state index contributed by atoms with van der Waals surface area (Å²) in [6.07, 6.45) is 1.18. The maximum Gasteiger partial charge on any atom is 0.231 e. The molecule has 0 radical (unpaired) electrons. The third kappa shape index (κ3) is 4.24. The molecule has 25 heavy (non-hydrogen) atoms. The highest BCUT2D eigenvalue weighted by Gasteiger charge is 2.16. The maximum atomic E-state index is 12.6. The van der Waals surface area contributed by atoms with E-state index in [9.17, 15) is 4.79 Å². The molecule has 5 nitrogen and oxygen atoms in total. The lowest BCUT2D eigenvalue weighted by molar-refractivity contribution is -0.131. The number of ether oxygens (including phenoxy) is 3. The van der Waals surface area contributed by atoms with Crippen LogP contribution in [-0.4, -0.2) is 31.3 Å². The van der Waals surface area contributed by atoms with Crippen molar-refractivity contribution in [1.29, 1.82) is 0 Å². The number of carbonyl (C=O) groups excluding carboxylic acids is 1. The molecule has 0 fully saturated rings. The average molecular weight is 341 g/mol. The first-order valence-corrected chi connectivity index (χ1v) is 8.49. The van der Waals surface area contributed by atoms with Crippen molar-refractivity contribution in [1.82, 2.24) is 4.90 Å². The van der Waals surface area contributed by atoms with Crippen molar-refractivity contribution in [2.75, 3.05) is 20.4 Å². The van der Waals surface area contributed by atoms with E-state index < -0.39 is 0 Å². The van der Waals surface area contributed by atoms with Crippen molar-refractivity contribution < 1.29 is 19.0 Å². The number of aryl methyl sites for hydroxylation is 1. The van der Waals surface area contributed by atoms with Crippen LogP contribution in [0.5, 0.6) is 17.2 Å². The lowest BCUT2D eigenvalue weighted by Gasteiger charge is -2.21. The Bertz CT molecular complexity index is 744. The second kappa shape index (κ2) is 7.92. The van der Waals surface area contributed by atoms with Crippen LogP contribution in [0.4, 0.5) is 0 Å². The summed E-state index contributed by atoms with van der Waals surface area (Å²) < 4.78 is 16.0. The van der Waals surface area contributed by atoms with Gasteiger partial charge in [-0.3, -0.25) is 4.79 Å². The summed E-state index contributed by atoms with van der Waals surface area (Å²) in [5.41, 5.74) is 2.15. The standard InChI is InChI=1S/C20H23NO4/c1-3-21(13-16-7-9-18-19(12-16)25-14-24-18)20(22)10-8-15-5-4-6-17(11-15)23-2/h4-7,9,11-12H,3,8,10,13-14H2,1-2H3. The Labute approximate surface area is 148 Å². The average Bonchev–Trinajstić information content (AvgIpc) is 3.12. The van der Waals surface area contributed by atoms with E-state index in [1.165, 1.54) is 0 Å². The normalized spacial score (nSPS) is 12.1. The van der Waals surface area contributed by atoms with Crippen LogP contribution in [0.3, 0.4) is 0 Å². The molecule has 0 unspecified atom stereocenters. The molecule has 5 heteroatoms. The van der Waals surface area contributed by atoms with Crippen molar-refractivity contribution in [2.24, 2.45) is 0 Å². The van der Waals surface area contributed by atoms with Gasteiger partial charge < -0.3 is 19.1 Å². The number of methoxy groups -OCH3 is 1. The number of hydrogen-bond acceptors (Lipinski definition) is 4. The van der Waals surface area contributed by atoms with Crippen LogP contribution in [0.2, 0.25) is 0 Å². The monoisotopic (exact) mass is 341 g/mol. The fraction of sp³-hybridized carbons (Fsp3) is 0.350. The Morgan fingerprint density at radius 3 is 2.76 bits per heavy atom. The molecule has 0 spiro atoms. The van der Waals surface area contributed by atoms with Gasteiger partial charge in [0.25, 0.3) is 0 Å². The molecule has 1 amide bonds. The highest BCUT2D eigenvalue weighted by molar-refractivity contribution is 5.76. The summed E-state index contributed by atoms with van der Waals surface area (Å²) in [6.45, 7) is 3.50. The molecule has 0 saturated carbocycles. The number of fused-ring (bicyclic) bond motifs is 1. The lowest BCUT2D eigenvalue weighted by atomic mass is 10.1. The fourth-order valence-corrected chi connectivity index (χ4v) is 2.87. The van der Waals surface area contributed by atoms with Gasteiger partial charge in [-0.15, -0.1) is 0 Å². The van der Waals surface area contributed by atoms with Crippen molar-refractivity contribution in [2.45, 2.75) is 26.3 Å². The summed E-state index contributed by atoms with van der Waals surface area (Å²) in [4.78, 5) is 14.4. The highest BCUT2D eigenvalue weighted by Crippen LogP contribution is 2.32. The first kappa shape index (κ1) is 17.1. The molecule has 1 aliphatic heterocycles. The molecule has 132 valence electrons. The van der Waals surface area contributed by atoms with Gasteiger partial charge in [0, 0.05) is 19.5 Å². The third-order valence-corrected chi connectivity index (χ3v) is 4.31. The van der Waals surface area contributed by atoms with Gasteiger partial charge in [0.1, 0.15) is 5.75 Å². The van der Waals surface area contributed by atoms with Crippen LogP contribution in [0.15, 0.2) is 42.5 Å². The number of amides is 1. The van der Waals surface area contributed by atoms with Crippen LogP contribution in [0.25, 0.3) is 0 Å². The zero-order valence-corrected chi connectivity index (χ0v) is 14.7. The first-order valence-electron chi connectivity index (χ1n) is 8.49. The van der Waals surface area contributed by atoms with E-state index in [4.69, 9.17) is 14.2 Å². The molecule has 0 aromatic heterocycles. The summed E-state index contributed by atoms with van der Waals surface area (Å²) in [7, 11) is 1.65. The number of nitrogens with zero attached hydrogens (tertiary/aromatic N) is 1. The lowest BCUT2D eigenvalue weighted by Crippen LogP contribution is -2.30. The molecular weight excluding hydrogens is 318 g/mol. The van der Waals surface area contributed by atoms with Crippen LogP contribution < -0.4 is 14.2 Å². The third-order valence-electron chi connectivity index (χ3n) is 4.31. The van der Waals surface area contributed by atoms with Crippen molar-refractivity contribution in [3.8, 4) is 17.2 Å². The van der Waals surface area contributed by atoms with Crippen LogP contribution in [0.1, 0.15) is 24.5 Å². The number of benzene rings is 2.